The van der Waals surface area contributed by atoms with Crippen LogP contribution in [-0.4, -0.2) is 49.8 Å². The van der Waals surface area contributed by atoms with E-state index in [4.69, 9.17) is 0 Å². The van der Waals surface area contributed by atoms with Crippen molar-refractivity contribution in [2.24, 2.45) is 0 Å². The summed E-state index contributed by atoms with van der Waals surface area (Å²) in [5.74, 6) is 0. The lowest BCUT2D eigenvalue weighted by molar-refractivity contribution is -0.530. The van der Waals surface area contributed by atoms with Crippen molar-refractivity contribution in [3.63, 3.8) is 0 Å². The fourth-order valence-electron chi connectivity index (χ4n) is 2.56. The molecule has 27 heavy (non-hydrogen) atoms. The molecule has 0 saturated carbocycles. The lowest BCUT2D eigenvalue weighted by Gasteiger charge is -2.20. The maximum absolute atomic E-state index is 12.4. The van der Waals surface area contributed by atoms with Crippen LogP contribution in [0.5, 0.6) is 0 Å². The number of rotatable bonds is 4. The fourth-order valence-corrected chi connectivity index (χ4v) is 2.56. The van der Waals surface area contributed by atoms with Gasteiger partial charge in [0.25, 0.3) is 0 Å². The van der Waals surface area contributed by atoms with Gasteiger partial charge in [-0.3, -0.25) is 0 Å². The Morgan fingerprint density at radius 1 is 0.889 bits per heavy atom. The molecule has 0 saturated heterocycles. The number of anilines is 1. The van der Waals surface area contributed by atoms with Crippen molar-refractivity contribution < 1.29 is 30.9 Å². The first-order chi connectivity index (χ1) is 12.4. The minimum absolute atomic E-state index is 0.439. The van der Waals surface area contributed by atoms with Crippen LogP contribution in [0, 0.1) is 0 Å². The van der Waals surface area contributed by atoms with E-state index >= 15 is 0 Å². The van der Waals surface area contributed by atoms with Gasteiger partial charge in [-0.05, 0) is 41.5 Å². The molecule has 0 amide bonds. The third-order valence-corrected chi connectivity index (χ3v) is 3.83. The first-order valence-corrected chi connectivity index (χ1v) is 8.04. The summed E-state index contributed by atoms with van der Waals surface area (Å²) in [6.07, 6.45) is -0.216. The summed E-state index contributed by atoms with van der Waals surface area (Å²) in [6.45, 7) is -2.08. The predicted octanol–water partition coefficient (Wildman–Crippen LogP) is 4.84. The van der Waals surface area contributed by atoms with Crippen molar-refractivity contribution >= 4 is 17.5 Å². The van der Waals surface area contributed by atoms with Crippen LogP contribution in [0.3, 0.4) is 0 Å². The first-order valence-electron chi connectivity index (χ1n) is 8.04. The standard InChI is InChI=1S/C19H19F6N2/c1-26(12-18(20,21)22)16-7-3-14(4-8-16)11-15-5-9-17(10-6-15)27(2)13-19(23,24)25/h3-11H,12-13H2,1-2H3/q+1. The molecule has 0 N–H and O–H groups in total. The first kappa shape index (κ1) is 20.8. The summed E-state index contributed by atoms with van der Waals surface area (Å²) in [4.78, 5) is 1.11. The Labute approximate surface area is 153 Å². The minimum Gasteiger partial charge on any atom is -0.366 e. The van der Waals surface area contributed by atoms with Gasteiger partial charge in [-0.2, -0.15) is 26.3 Å². The normalized spacial score (nSPS) is 14.5. The van der Waals surface area contributed by atoms with Gasteiger partial charge in [-0.1, -0.05) is 12.1 Å². The Balaban J connectivity index is 2.07. The van der Waals surface area contributed by atoms with Gasteiger partial charge in [0, 0.05) is 24.9 Å². The summed E-state index contributed by atoms with van der Waals surface area (Å²) in [7, 11) is 2.73. The molecule has 2 nitrogen and oxygen atoms in total. The summed E-state index contributed by atoms with van der Waals surface area (Å²) in [6, 6.07) is 6.55. The van der Waals surface area contributed by atoms with Crippen molar-refractivity contribution in [3.8, 4) is 0 Å². The van der Waals surface area contributed by atoms with Gasteiger partial charge in [-0.15, -0.1) is 0 Å². The summed E-state index contributed by atoms with van der Waals surface area (Å²) >= 11 is 0. The number of alkyl halides is 6. The monoisotopic (exact) mass is 389 g/mol. The molecule has 0 aliphatic heterocycles. The maximum Gasteiger partial charge on any atom is 0.448 e. The smallest absolute Gasteiger partial charge is 0.366 e. The highest BCUT2D eigenvalue weighted by atomic mass is 19.4. The van der Waals surface area contributed by atoms with Crippen LogP contribution in [0.2, 0.25) is 0 Å². The van der Waals surface area contributed by atoms with Gasteiger partial charge in [0.05, 0.1) is 0 Å². The van der Waals surface area contributed by atoms with Crippen molar-refractivity contribution in [3.05, 3.63) is 59.7 Å². The van der Waals surface area contributed by atoms with E-state index in [1.54, 1.807) is 54.6 Å². The van der Waals surface area contributed by atoms with E-state index in [1.807, 2.05) is 0 Å². The van der Waals surface area contributed by atoms with Crippen LogP contribution >= 0.6 is 0 Å². The van der Waals surface area contributed by atoms with Gasteiger partial charge in [-0.25, -0.2) is 4.58 Å². The van der Waals surface area contributed by atoms with E-state index in [0.717, 1.165) is 20.6 Å². The van der Waals surface area contributed by atoms with Crippen molar-refractivity contribution in [2.75, 3.05) is 32.1 Å². The molecule has 1 aliphatic rings. The Hall–Kier alpha value is -2.51. The third-order valence-electron chi connectivity index (χ3n) is 3.83. The average Bonchev–Trinajstić information content (AvgIpc) is 2.53. The molecule has 0 aromatic heterocycles. The van der Waals surface area contributed by atoms with Gasteiger partial charge >= 0.3 is 12.4 Å². The van der Waals surface area contributed by atoms with Crippen LogP contribution in [0.15, 0.2) is 54.1 Å². The molecule has 0 spiro atoms. The van der Waals surface area contributed by atoms with E-state index in [9.17, 15) is 26.3 Å². The molecule has 0 heterocycles. The number of hydrogen-bond donors (Lipinski definition) is 0. The SMILES string of the molecule is CN(CC(F)(F)F)c1ccc(C=C2C=CC(=[N+](C)CC(F)(F)F)C=C2)cc1. The average molecular weight is 389 g/mol. The van der Waals surface area contributed by atoms with Crippen LogP contribution in [0.4, 0.5) is 32.0 Å². The van der Waals surface area contributed by atoms with E-state index in [0.29, 0.717) is 11.4 Å². The van der Waals surface area contributed by atoms with E-state index in [1.165, 1.54) is 14.1 Å². The van der Waals surface area contributed by atoms with Crippen molar-refractivity contribution in [1.82, 2.24) is 0 Å². The second kappa shape index (κ2) is 8.02. The molecule has 1 aromatic rings. The van der Waals surface area contributed by atoms with E-state index in [2.05, 4.69) is 0 Å². The highest BCUT2D eigenvalue weighted by Crippen LogP contribution is 2.22. The van der Waals surface area contributed by atoms with E-state index < -0.39 is 25.4 Å². The number of hydrogen-bond acceptors (Lipinski definition) is 1. The van der Waals surface area contributed by atoms with Crippen LogP contribution in [-0.2, 0) is 0 Å². The molecule has 0 atom stereocenters. The van der Waals surface area contributed by atoms with Gasteiger partial charge in [0.15, 0.2) is 5.71 Å². The molecule has 8 heteroatoms. The summed E-state index contributed by atoms with van der Waals surface area (Å²) in [5.41, 5.74) is 2.42. The lowest BCUT2D eigenvalue weighted by Crippen LogP contribution is -2.30. The topological polar surface area (TPSA) is 6.25 Å². The zero-order valence-electron chi connectivity index (χ0n) is 14.8. The summed E-state index contributed by atoms with van der Waals surface area (Å²) < 4.78 is 75.7. The number of benzene rings is 1. The molecule has 2 rings (SSSR count). The molecule has 0 unspecified atom stereocenters. The molecule has 0 radical (unpaired) electrons. The molecular weight excluding hydrogens is 370 g/mol. The molecule has 0 fully saturated rings. The number of halogens is 6. The van der Waals surface area contributed by atoms with Crippen LogP contribution in [0.1, 0.15) is 5.56 Å². The Morgan fingerprint density at radius 2 is 1.44 bits per heavy atom. The second-order valence-corrected chi connectivity index (χ2v) is 6.27. The van der Waals surface area contributed by atoms with Gasteiger partial charge in [0.1, 0.15) is 13.6 Å². The molecule has 1 aromatic carbocycles. The summed E-state index contributed by atoms with van der Waals surface area (Å²) in [5, 5.41) is 0. The second-order valence-electron chi connectivity index (χ2n) is 6.27. The number of allylic oxidation sites excluding steroid dienone is 5. The molecule has 1 aliphatic carbocycles. The molecule has 146 valence electrons. The molecular formula is C19H19F6N2+. The minimum atomic E-state index is -4.28. The van der Waals surface area contributed by atoms with Crippen molar-refractivity contribution in [1.29, 1.82) is 0 Å². The third kappa shape index (κ3) is 6.96. The zero-order valence-corrected chi connectivity index (χ0v) is 14.8. The highest BCUT2D eigenvalue weighted by Gasteiger charge is 2.33. The Bertz CT molecular complexity index is 762. The van der Waals surface area contributed by atoms with Crippen LogP contribution < -0.4 is 4.90 Å². The van der Waals surface area contributed by atoms with Gasteiger partial charge < -0.3 is 4.90 Å². The van der Waals surface area contributed by atoms with Gasteiger partial charge in [0.2, 0.25) is 6.54 Å². The van der Waals surface area contributed by atoms with Crippen molar-refractivity contribution in [2.45, 2.75) is 12.4 Å². The maximum atomic E-state index is 12.4. The zero-order chi connectivity index (χ0) is 20.2. The number of nitrogens with zero attached hydrogens (tertiary/aromatic N) is 2. The fraction of sp³-hybridized carbons (Fsp3) is 0.316. The Kier molecular flexibility index (Phi) is 6.18. The highest BCUT2D eigenvalue weighted by molar-refractivity contribution is 6.02. The largest absolute Gasteiger partial charge is 0.448 e. The molecule has 0 bridgehead atoms. The predicted molar refractivity (Wildman–Crippen MR) is 94.1 cm³/mol. The van der Waals surface area contributed by atoms with E-state index in [-0.39, 0.29) is 0 Å². The van der Waals surface area contributed by atoms with Crippen LogP contribution in [0.25, 0.3) is 6.08 Å². The quantitative estimate of drug-likeness (QED) is 0.528. The Morgan fingerprint density at radius 3 is 1.93 bits per heavy atom. The lowest BCUT2D eigenvalue weighted by atomic mass is 10.0.